The Hall–Kier alpha value is -2.35. The Bertz CT molecular complexity index is 799. The number of rotatable bonds is 6. The van der Waals surface area contributed by atoms with Gasteiger partial charge in [0.05, 0.1) is 11.4 Å². The maximum absolute atomic E-state index is 12.2. The van der Waals surface area contributed by atoms with E-state index in [1.165, 1.54) is 42.6 Å². The van der Waals surface area contributed by atoms with E-state index in [0.717, 1.165) is 18.7 Å². The predicted molar refractivity (Wildman–Crippen MR) is 102 cm³/mol. The first-order valence-corrected chi connectivity index (χ1v) is 9.78. The normalized spacial score (nSPS) is 15.0. The average molecular weight is 373 g/mol. The second kappa shape index (κ2) is 8.35. The minimum absolute atomic E-state index is 0.0904. The molecule has 8 heteroatoms. The molecule has 1 saturated carbocycles. The Balaban J connectivity index is 1.60. The van der Waals surface area contributed by atoms with Gasteiger partial charge in [0.25, 0.3) is 0 Å². The number of carbonyl (C=O) groups excluding carboxylic acids is 2. The van der Waals surface area contributed by atoms with Crippen molar-refractivity contribution in [2.75, 3.05) is 16.9 Å². The summed E-state index contributed by atoms with van der Waals surface area (Å²) in [6.07, 6.45) is 5.82. The monoisotopic (exact) mass is 373 g/mol. The summed E-state index contributed by atoms with van der Waals surface area (Å²) in [7, 11) is 0. The first-order chi connectivity index (χ1) is 12.6. The summed E-state index contributed by atoms with van der Waals surface area (Å²) in [5, 5.41) is 11.7. The highest BCUT2D eigenvalue weighted by atomic mass is 32.2. The van der Waals surface area contributed by atoms with Gasteiger partial charge in [-0.2, -0.15) is 0 Å². The number of nitrogens with one attached hydrogen (secondary N) is 1. The molecule has 3 rings (SSSR count). The number of thioether (sulfide) groups is 1. The summed E-state index contributed by atoms with van der Waals surface area (Å²) >= 11 is 1.24. The molecule has 1 fully saturated rings. The molecule has 138 valence electrons. The summed E-state index contributed by atoms with van der Waals surface area (Å²) < 4.78 is 1.51. The van der Waals surface area contributed by atoms with E-state index in [0.29, 0.717) is 22.3 Å². The molecule has 0 radical (unpaired) electrons. The number of anilines is 1. The van der Waals surface area contributed by atoms with E-state index in [4.69, 9.17) is 5.84 Å². The zero-order chi connectivity index (χ0) is 18.5. The van der Waals surface area contributed by atoms with Crippen molar-refractivity contribution in [3.8, 4) is 0 Å². The fourth-order valence-corrected chi connectivity index (χ4v) is 3.90. The van der Waals surface area contributed by atoms with Gasteiger partial charge in [-0.1, -0.05) is 43.2 Å². The number of para-hydroxylation sites is 1. The number of nitrogen functional groups attached to an aromatic ring is 1. The number of aromatic nitrogens is 3. The van der Waals surface area contributed by atoms with Crippen molar-refractivity contribution < 1.29 is 9.59 Å². The van der Waals surface area contributed by atoms with E-state index in [-0.39, 0.29) is 17.4 Å². The van der Waals surface area contributed by atoms with Crippen LogP contribution in [-0.2, 0) is 4.79 Å². The fraction of sp³-hybridized carbons (Fsp3) is 0.444. The lowest BCUT2D eigenvalue weighted by Crippen LogP contribution is -2.20. The standard InChI is InChI=1S/C18H23N5O2S/c1-12(24)14-9-5-6-10-15(14)20-16(25)11-26-18-22-21-17(23(18)19)13-7-3-2-4-8-13/h5-6,9-10,13H,2-4,7-8,11,19H2,1H3,(H,20,25). The molecule has 0 aliphatic heterocycles. The van der Waals surface area contributed by atoms with Crippen molar-refractivity contribution in [3.63, 3.8) is 0 Å². The van der Waals surface area contributed by atoms with E-state index in [1.807, 2.05) is 0 Å². The Morgan fingerprint density at radius 1 is 1.23 bits per heavy atom. The lowest BCUT2D eigenvalue weighted by Gasteiger charge is -2.20. The molecule has 1 amide bonds. The third-order valence-electron chi connectivity index (χ3n) is 4.57. The van der Waals surface area contributed by atoms with Crippen molar-refractivity contribution in [2.24, 2.45) is 0 Å². The van der Waals surface area contributed by atoms with Crippen LogP contribution in [0.2, 0.25) is 0 Å². The number of hydrogen-bond acceptors (Lipinski definition) is 6. The second-order valence-corrected chi connectivity index (χ2v) is 7.43. The second-order valence-electron chi connectivity index (χ2n) is 6.48. The minimum atomic E-state index is -0.217. The average Bonchev–Trinajstić information content (AvgIpc) is 3.01. The van der Waals surface area contributed by atoms with Gasteiger partial charge in [0, 0.05) is 11.5 Å². The zero-order valence-electron chi connectivity index (χ0n) is 14.8. The predicted octanol–water partition coefficient (Wildman–Crippen LogP) is 2.97. The zero-order valence-corrected chi connectivity index (χ0v) is 15.6. The smallest absolute Gasteiger partial charge is 0.234 e. The number of amides is 1. The highest BCUT2D eigenvalue weighted by molar-refractivity contribution is 7.99. The van der Waals surface area contributed by atoms with Crippen LogP contribution < -0.4 is 11.2 Å². The third kappa shape index (κ3) is 4.24. The Morgan fingerprint density at radius 2 is 1.96 bits per heavy atom. The van der Waals surface area contributed by atoms with Crippen molar-refractivity contribution in [3.05, 3.63) is 35.7 Å². The van der Waals surface area contributed by atoms with Crippen LogP contribution in [0.4, 0.5) is 5.69 Å². The summed E-state index contributed by atoms with van der Waals surface area (Å²) in [4.78, 5) is 23.9. The van der Waals surface area contributed by atoms with Crippen molar-refractivity contribution in [2.45, 2.75) is 50.1 Å². The molecule has 3 N–H and O–H groups in total. The van der Waals surface area contributed by atoms with Crippen LogP contribution in [-0.4, -0.2) is 32.3 Å². The summed E-state index contributed by atoms with van der Waals surface area (Å²) in [5.41, 5.74) is 1.01. The van der Waals surface area contributed by atoms with Crippen LogP contribution in [0, 0.1) is 0 Å². The van der Waals surface area contributed by atoms with Crippen LogP contribution >= 0.6 is 11.8 Å². The SMILES string of the molecule is CC(=O)c1ccccc1NC(=O)CSc1nnc(C2CCCCC2)n1N. The summed E-state index contributed by atoms with van der Waals surface area (Å²) in [5.74, 6) is 7.12. The number of hydrogen-bond donors (Lipinski definition) is 2. The van der Waals surface area contributed by atoms with Crippen LogP contribution in [0.25, 0.3) is 0 Å². The Kier molecular flexibility index (Phi) is 5.92. The molecule has 0 unspecified atom stereocenters. The molecule has 1 aromatic carbocycles. The number of nitrogens with two attached hydrogens (primary N) is 1. The minimum Gasteiger partial charge on any atom is -0.336 e. The van der Waals surface area contributed by atoms with Crippen LogP contribution in [0.3, 0.4) is 0 Å². The quantitative estimate of drug-likeness (QED) is 0.458. The molecule has 1 aliphatic rings. The topological polar surface area (TPSA) is 103 Å². The molecular weight excluding hydrogens is 350 g/mol. The maximum Gasteiger partial charge on any atom is 0.234 e. The van der Waals surface area contributed by atoms with E-state index < -0.39 is 0 Å². The van der Waals surface area contributed by atoms with Gasteiger partial charge in [-0.25, -0.2) is 4.68 Å². The molecule has 0 saturated heterocycles. The Labute approximate surface area is 156 Å². The highest BCUT2D eigenvalue weighted by Gasteiger charge is 2.23. The molecule has 0 bridgehead atoms. The first kappa shape index (κ1) is 18.4. The van der Waals surface area contributed by atoms with Gasteiger partial charge in [-0.15, -0.1) is 10.2 Å². The van der Waals surface area contributed by atoms with Gasteiger partial charge in [0.2, 0.25) is 11.1 Å². The number of benzene rings is 1. The molecular formula is C18H23N5O2S. The van der Waals surface area contributed by atoms with E-state index in [2.05, 4.69) is 15.5 Å². The summed E-state index contributed by atoms with van der Waals surface area (Å²) in [6.45, 7) is 1.48. The molecule has 1 heterocycles. The van der Waals surface area contributed by atoms with Crippen LogP contribution in [0.15, 0.2) is 29.4 Å². The molecule has 0 spiro atoms. The molecule has 1 aromatic heterocycles. The molecule has 2 aromatic rings. The lowest BCUT2D eigenvalue weighted by molar-refractivity contribution is -0.113. The van der Waals surface area contributed by atoms with E-state index >= 15 is 0 Å². The van der Waals surface area contributed by atoms with Crippen LogP contribution in [0.5, 0.6) is 0 Å². The van der Waals surface area contributed by atoms with Gasteiger partial charge in [-0.3, -0.25) is 9.59 Å². The summed E-state index contributed by atoms with van der Waals surface area (Å²) in [6, 6.07) is 6.96. The van der Waals surface area contributed by atoms with Crippen molar-refractivity contribution >= 4 is 29.1 Å². The first-order valence-electron chi connectivity index (χ1n) is 8.79. The number of ketones is 1. The van der Waals surface area contributed by atoms with Gasteiger partial charge >= 0.3 is 0 Å². The van der Waals surface area contributed by atoms with Gasteiger partial charge in [-0.05, 0) is 31.9 Å². The van der Waals surface area contributed by atoms with Gasteiger partial charge in [0.1, 0.15) is 0 Å². The molecule has 0 atom stereocenters. The highest BCUT2D eigenvalue weighted by Crippen LogP contribution is 2.32. The van der Waals surface area contributed by atoms with Crippen molar-refractivity contribution in [1.82, 2.24) is 14.9 Å². The largest absolute Gasteiger partial charge is 0.336 e. The maximum atomic E-state index is 12.2. The third-order valence-corrected chi connectivity index (χ3v) is 5.52. The lowest BCUT2D eigenvalue weighted by atomic mass is 9.89. The van der Waals surface area contributed by atoms with Crippen molar-refractivity contribution in [1.29, 1.82) is 0 Å². The Morgan fingerprint density at radius 3 is 2.69 bits per heavy atom. The number of Topliss-reactive ketones (excluding diaryl/α,β-unsaturated/α-hetero) is 1. The molecule has 26 heavy (non-hydrogen) atoms. The molecule has 7 nitrogen and oxygen atoms in total. The molecule has 1 aliphatic carbocycles. The van der Waals surface area contributed by atoms with Gasteiger partial charge < -0.3 is 11.2 Å². The number of carbonyl (C=O) groups is 2. The number of nitrogens with zero attached hydrogens (tertiary/aromatic N) is 3. The van der Waals surface area contributed by atoms with E-state index in [9.17, 15) is 9.59 Å². The fourth-order valence-electron chi connectivity index (χ4n) is 3.24. The van der Waals surface area contributed by atoms with Gasteiger partial charge in [0.15, 0.2) is 11.6 Å². The van der Waals surface area contributed by atoms with E-state index in [1.54, 1.807) is 24.3 Å². The van der Waals surface area contributed by atoms with Crippen LogP contribution in [0.1, 0.15) is 61.1 Å².